The number of alkyl halides is 3. The Labute approximate surface area is 187 Å². The average Bonchev–Trinajstić information content (AvgIpc) is 3.58. The summed E-state index contributed by atoms with van der Waals surface area (Å²) in [5.74, 6) is -1.45. The highest BCUT2D eigenvalue weighted by atomic mass is 19.4. The fraction of sp³-hybridized carbons (Fsp3) is 0.364. The SMILES string of the molecule is O=C(CNC(=O)C1c2ccccc2C(=O)N1C1CC1)NCc1cccnc1OCC(F)(F)F. The summed E-state index contributed by atoms with van der Waals surface area (Å²) in [4.78, 5) is 43.2. The summed E-state index contributed by atoms with van der Waals surface area (Å²) in [6.07, 6.45) is -1.58. The van der Waals surface area contributed by atoms with Crippen molar-refractivity contribution < 1.29 is 32.3 Å². The van der Waals surface area contributed by atoms with E-state index in [0.717, 1.165) is 12.8 Å². The van der Waals surface area contributed by atoms with Crippen LogP contribution in [0.3, 0.4) is 0 Å². The van der Waals surface area contributed by atoms with Gasteiger partial charge < -0.3 is 20.3 Å². The summed E-state index contributed by atoms with van der Waals surface area (Å²) in [7, 11) is 0. The summed E-state index contributed by atoms with van der Waals surface area (Å²) in [5.41, 5.74) is 1.35. The zero-order valence-corrected chi connectivity index (χ0v) is 17.4. The van der Waals surface area contributed by atoms with Crippen molar-refractivity contribution in [2.24, 2.45) is 0 Å². The Morgan fingerprint density at radius 2 is 1.88 bits per heavy atom. The maximum absolute atomic E-state index is 12.9. The number of carbonyl (C=O) groups excluding carboxylic acids is 3. The van der Waals surface area contributed by atoms with E-state index in [1.54, 1.807) is 29.2 Å². The molecule has 2 aliphatic rings. The van der Waals surface area contributed by atoms with Crippen molar-refractivity contribution in [2.45, 2.75) is 37.6 Å². The van der Waals surface area contributed by atoms with Crippen molar-refractivity contribution in [3.05, 3.63) is 59.3 Å². The smallest absolute Gasteiger partial charge is 0.422 e. The minimum Gasteiger partial charge on any atom is -0.468 e. The Bertz CT molecular complexity index is 1070. The zero-order chi connectivity index (χ0) is 23.6. The second-order valence-corrected chi connectivity index (χ2v) is 7.80. The largest absolute Gasteiger partial charge is 0.468 e. The number of pyridine rings is 1. The minimum atomic E-state index is -4.52. The van der Waals surface area contributed by atoms with Crippen LogP contribution in [0.5, 0.6) is 5.88 Å². The Morgan fingerprint density at radius 1 is 1.12 bits per heavy atom. The van der Waals surface area contributed by atoms with Crippen LogP contribution in [0.2, 0.25) is 0 Å². The van der Waals surface area contributed by atoms with Gasteiger partial charge in [0.2, 0.25) is 17.7 Å². The quantitative estimate of drug-likeness (QED) is 0.626. The number of hydrogen-bond acceptors (Lipinski definition) is 5. The lowest BCUT2D eigenvalue weighted by Gasteiger charge is -2.24. The molecule has 2 heterocycles. The third kappa shape index (κ3) is 5.24. The predicted octanol–water partition coefficient (Wildman–Crippen LogP) is 2.11. The van der Waals surface area contributed by atoms with Gasteiger partial charge in [0, 0.05) is 29.9 Å². The number of carbonyl (C=O) groups is 3. The molecule has 4 rings (SSSR count). The van der Waals surface area contributed by atoms with Gasteiger partial charge in [0.1, 0.15) is 6.04 Å². The number of halogens is 3. The highest BCUT2D eigenvalue weighted by Gasteiger charge is 2.47. The van der Waals surface area contributed by atoms with Crippen LogP contribution in [0, 0.1) is 0 Å². The van der Waals surface area contributed by atoms with Gasteiger partial charge in [-0.05, 0) is 30.5 Å². The molecular formula is C22H21F3N4O4. The van der Waals surface area contributed by atoms with Gasteiger partial charge in [-0.3, -0.25) is 14.4 Å². The lowest BCUT2D eigenvalue weighted by atomic mass is 10.0. The molecule has 1 saturated carbocycles. The van der Waals surface area contributed by atoms with Gasteiger partial charge in [0.15, 0.2) is 6.61 Å². The number of nitrogens with zero attached hydrogens (tertiary/aromatic N) is 2. The standard InChI is InChI=1S/C22H21F3N4O4/c23-22(24,25)12-33-20-13(4-3-9-26-20)10-27-17(30)11-28-19(31)18-15-5-1-2-6-16(15)21(32)29(18)14-7-8-14/h1-6,9,14,18H,7-8,10-12H2,(H,27,30)(H,28,31). The maximum atomic E-state index is 12.9. The molecule has 0 saturated heterocycles. The van der Waals surface area contributed by atoms with E-state index in [4.69, 9.17) is 0 Å². The van der Waals surface area contributed by atoms with Crippen LogP contribution in [0.15, 0.2) is 42.6 Å². The fourth-order valence-corrected chi connectivity index (χ4v) is 3.69. The van der Waals surface area contributed by atoms with Crippen molar-refractivity contribution in [3.8, 4) is 5.88 Å². The van der Waals surface area contributed by atoms with Gasteiger partial charge in [-0.15, -0.1) is 0 Å². The number of benzene rings is 1. The number of fused-ring (bicyclic) bond motifs is 1. The van der Waals surface area contributed by atoms with Gasteiger partial charge >= 0.3 is 6.18 Å². The molecule has 1 aliphatic carbocycles. The summed E-state index contributed by atoms with van der Waals surface area (Å²) < 4.78 is 41.9. The van der Waals surface area contributed by atoms with Crippen molar-refractivity contribution in [1.82, 2.24) is 20.5 Å². The number of aromatic nitrogens is 1. The van der Waals surface area contributed by atoms with Crippen LogP contribution in [0.25, 0.3) is 0 Å². The molecule has 11 heteroatoms. The van der Waals surface area contributed by atoms with Gasteiger partial charge in [0.05, 0.1) is 6.54 Å². The summed E-state index contributed by atoms with van der Waals surface area (Å²) in [6.45, 7) is -1.99. The Kier molecular flexibility index (Phi) is 6.21. The van der Waals surface area contributed by atoms with Gasteiger partial charge in [-0.25, -0.2) is 4.98 Å². The van der Waals surface area contributed by atoms with Crippen LogP contribution in [0.4, 0.5) is 13.2 Å². The molecule has 174 valence electrons. The molecule has 1 unspecified atom stereocenters. The number of nitrogens with one attached hydrogen (secondary N) is 2. The van der Waals surface area contributed by atoms with Crippen molar-refractivity contribution in [1.29, 1.82) is 0 Å². The number of amides is 3. The summed E-state index contributed by atoms with van der Waals surface area (Å²) in [6, 6.07) is 9.09. The highest BCUT2D eigenvalue weighted by molar-refractivity contribution is 6.05. The van der Waals surface area contributed by atoms with E-state index in [1.807, 2.05) is 0 Å². The van der Waals surface area contributed by atoms with Crippen LogP contribution in [-0.2, 0) is 16.1 Å². The third-order valence-corrected chi connectivity index (χ3v) is 5.31. The van der Waals surface area contributed by atoms with E-state index in [1.165, 1.54) is 18.3 Å². The molecule has 2 aromatic rings. The molecule has 33 heavy (non-hydrogen) atoms. The molecular weight excluding hydrogens is 441 g/mol. The molecule has 1 aliphatic heterocycles. The number of hydrogen-bond donors (Lipinski definition) is 2. The lowest BCUT2D eigenvalue weighted by Crippen LogP contribution is -2.43. The monoisotopic (exact) mass is 462 g/mol. The summed E-state index contributed by atoms with van der Waals surface area (Å²) >= 11 is 0. The van der Waals surface area contributed by atoms with Gasteiger partial charge in [0.25, 0.3) is 5.91 Å². The second kappa shape index (κ2) is 9.08. The highest BCUT2D eigenvalue weighted by Crippen LogP contribution is 2.41. The molecule has 1 atom stereocenters. The first-order valence-corrected chi connectivity index (χ1v) is 10.3. The topological polar surface area (TPSA) is 101 Å². The third-order valence-electron chi connectivity index (χ3n) is 5.31. The lowest BCUT2D eigenvalue weighted by molar-refractivity contribution is -0.154. The van der Waals surface area contributed by atoms with Gasteiger partial charge in [-0.2, -0.15) is 13.2 Å². The number of ether oxygens (including phenoxy) is 1. The Morgan fingerprint density at radius 3 is 2.61 bits per heavy atom. The Balaban J connectivity index is 1.33. The van der Waals surface area contributed by atoms with E-state index >= 15 is 0 Å². The average molecular weight is 462 g/mol. The molecule has 1 aromatic heterocycles. The zero-order valence-electron chi connectivity index (χ0n) is 17.4. The van der Waals surface area contributed by atoms with Crippen molar-refractivity contribution in [2.75, 3.05) is 13.2 Å². The molecule has 1 fully saturated rings. The summed E-state index contributed by atoms with van der Waals surface area (Å²) in [5, 5.41) is 5.08. The molecule has 0 radical (unpaired) electrons. The maximum Gasteiger partial charge on any atom is 0.422 e. The normalized spacial score (nSPS) is 17.5. The molecule has 1 aromatic carbocycles. The van der Waals surface area contributed by atoms with Gasteiger partial charge in [-0.1, -0.05) is 24.3 Å². The second-order valence-electron chi connectivity index (χ2n) is 7.80. The van der Waals surface area contributed by atoms with Crippen molar-refractivity contribution in [3.63, 3.8) is 0 Å². The Hall–Kier alpha value is -3.63. The first-order chi connectivity index (χ1) is 15.7. The number of rotatable bonds is 8. The molecule has 2 N–H and O–H groups in total. The van der Waals surface area contributed by atoms with E-state index < -0.39 is 30.6 Å². The van der Waals surface area contributed by atoms with Crippen molar-refractivity contribution >= 4 is 17.7 Å². The van der Waals surface area contributed by atoms with E-state index in [9.17, 15) is 27.6 Å². The first kappa shape index (κ1) is 22.6. The van der Waals surface area contributed by atoms with Crippen LogP contribution < -0.4 is 15.4 Å². The predicted molar refractivity (Wildman–Crippen MR) is 109 cm³/mol. The molecule has 0 bridgehead atoms. The van der Waals surface area contributed by atoms with E-state index in [-0.39, 0.29) is 36.5 Å². The first-order valence-electron chi connectivity index (χ1n) is 10.3. The van der Waals surface area contributed by atoms with Crippen LogP contribution in [-0.4, -0.2) is 53.0 Å². The van der Waals surface area contributed by atoms with E-state index in [0.29, 0.717) is 11.1 Å². The molecule has 0 spiro atoms. The van der Waals surface area contributed by atoms with Crippen LogP contribution in [0.1, 0.15) is 40.4 Å². The van der Waals surface area contributed by atoms with E-state index in [2.05, 4.69) is 20.4 Å². The van der Waals surface area contributed by atoms with Crippen LogP contribution >= 0.6 is 0 Å². The minimum absolute atomic E-state index is 0.00942. The molecule has 3 amide bonds. The fourth-order valence-electron chi connectivity index (χ4n) is 3.69. The molecule has 8 nitrogen and oxygen atoms in total.